The molecule has 4 heteroatoms. The van der Waals surface area contributed by atoms with Gasteiger partial charge >= 0.3 is 0 Å². The molecule has 1 aromatic rings. The van der Waals surface area contributed by atoms with Crippen molar-refractivity contribution < 1.29 is 9.90 Å². The number of carboxylic acid groups (broad SMARTS) is 1. The van der Waals surface area contributed by atoms with Crippen LogP contribution in [-0.4, -0.2) is 5.97 Å². The Hall–Kier alpha value is -0.350. The zero-order valence-corrected chi connectivity index (χ0v) is 13.5. The van der Waals surface area contributed by atoms with Crippen molar-refractivity contribution in [2.45, 2.75) is 52.4 Å². The fourth-order valence-electron chi connectivity index (χ4n) is 1.60. The van der Waals surface area contributed by atoms with Crippen molar-refractivity contribution in [1.82, 2.24) is 0 Å². The Bertz CT molecular complexity index is 447. The summed E-state index contributed by atoms with van der Waals surface area (Å²) in [4.78, 5) is 13.2. The molecule has 0 aliphatic carbocycles. The molecule has 0 N–H and O–H groups in total. The van der Waals surface area contributed by atoms with Gasteiger partial charge in [-0.3, -0.25) is 0 Å². The molecule has 0 fully saturated rings. The molecule has 96 valence electrons. The van der Waals surface area contributed by atoms with Gasteiger partial charge in [-0.15, -0.1) is 11.3 Å². The van der Waals surface area contributed by atoms with Crippen molar-refractivity contribution in [2.75, 3.05) is 0 Å². The number of halogens is 1. The molecule has 0 saturated heterocycles. The van der Waals surface area contributed by atoms with Gasteiger partial charge in [-0.2, -0.15) is 0 Å². The second-order valence-corrected chi connectivity index (χ2v) is 8.05. The fraction of sp³-hybridized carbons (Fsp3) is 0.615. The van der Waals surface area contributed by atoms with Crippen LogP contribution in [0.1, 0.15) is 61.7 Å². The summed E-state index contributed by atoms with van der Waals surface area (Å²) in [5, 5.41) is 11.3. The molecule has 17 heavy (non-hydrogen) atoms. The normalized spacial score (nSPS) is 12.9. The van der Waals surface area contributed by atoms with Gasteiger partial charge in [-0.05, 0) is 26.8 Å². The molecule has 0 aromatic carbocycles. The molecule has 0 radical (unpaired) electrons. The lowest BCUT2D eigenvalue weighted by atomic mass is 9.90. The van der Waals surface area contributed by atoms with Crippen LogP contribution in [0, 0.1) is 0 Å². The number of carboxylic acids is 1. The minimum Gasteiger partial charge on any atom is -0.545 e. The van der Waals surface area contributed by atoms with Gasteiger partial charge in [0.25, 0.3) is 0 Å². The number of rotatable bonds is 1. The van der Waals surface area contributed by atoms with Crippen molar-refractivity contribution in [3.05, 3.63) is 19.8 Å². The average molecular weight is 318 g/mol. The molecule has 0 spiro atoms. The average Bonchev–Trinajstić information content (AvgIpc) is 2.40. The molecule has 0 amide bonds. The van der Waals surface area contributed by atoms with E-state index in [4.69, 9.17) is 0 Å². The number of thiophene rings is 1. The summed E-state index contributed by atoms with van der Waals surface area (Å²) in [6, 6.07) is 0. The molecule has 0 unspecified atom stereocenters. The number of hydrogen-bond donors (Lipinski definition) is 0. The summed E-state index contributed by atoms with van der Waals surface area (Å²) in [5.74, 6) is -1.10. The van der Waals surface area contributed by atoms with Crippen molar-refractivity contribution in [2.24, 2.45) is 0 Å². The second kappa shape index (κ2) is 4.39. The molecular weight excluding hydrogens is 300 g/mol. The third-order valence-electron chi connectivity index (χ3n) is 2.42. The molecular formula is C13H18BrO2S-. The van der Waals surface area contributed by atoms with E-state index in [1.165, 1.54) is 0 Å². The van der Waals surface area contributed by atoms with Crippen LogP contribution in [0.5, 0.6) is 0 Å². The van der Waals surface area contributed by atoms with E-state index in [1.54, 1.807) is 11.3 Å². The predicted octanol–water partition coefficient (Wildman–Crippen LogP) is 3.47. The van der Waals surface area contributed by atoms with Crippen molar-refractivity contribution in [1.29, 1.82) is 0 Å². The van der Waals surface area contributed by atoms with Crippen molar-refractivity contribution >= 4 is 33.2 Å². The van der Waals surface area contributed by atoms with Gasteiger partial charge in [0.2, 0.25) is 0 Å². The minimum atomic E-state index is -1.10. The third kappa shape index (κ3) is 2.91. The molecule has 0 saturated carbocycles. The highest BCUT2D eigenvalue weighted by Gasteiger charge is 2.30. The van der Waals surface area contributed by atoms with Gasteiger partial charge < -0.3 is 9.90 Å². The highest BCUT2D eigenvalue weighted by molar-refractivity contribution is 9.10. The first-order valence-corrected chi connectivity index (χ1v) is 7.11. The summed E-state index contributed by atoms with van der Waals surface area (Å²) in [7, 11) is 0. The molecule has 1 heterocycles. The van der Waals surface area contributed by atoms with Gasteiger partial charge in [-0.25, -0.2) is 0 Å². The lowest BCUT2D eigenvalue weighted by molar-refractivity contribution is -0.255. The van der Waals surface area contributed by atoms with Crippen LogP contribution in [0.3, 0.4) is 0 Å². The summed E-state index contributed by atoms with van der Waals surface area (Å²) in [6.45, 7) is 12.3. The molecule has 0 bridgehead atoms. The standard InChI is InChI=1S/C13H19BrO2S/c1-12(2,3)9-7(11(15)16)8(14)10(17-9)13(4,5)6/h1-6H3,(H,15,16)/p-1. The topological polar surface area (TPSA) is 40.1 Å². The Morgan fingerprint density at radius 1 is 1.06 bits per heavy atom. The zero-order valence-electron chi connectivity index (χ0n) is 11.1. The molecule has 1 aromatic heterocycles. The van der Waals surface area contributed by atoms with Crippen molar-refractivity contribution in [3.8, 4) is 0 Å². The van der Waals surface area contributed by atoms with E-state index >= 15 is 0 Å². The van der Waals surface area contributed by atoms with E-state index < -0.39 is 5.97 Å². The van der Waals surface area contributed by atoms with E-state index in [2.05, 4.69) is 36.7 Å². The van der Waals surface area contributed by atoms with Gasteiger partial charge in [0.15, 0.2) is 0 Å². The highest BCUT2D eigenvalue weighted by Crippen LogP contribution is 2.44. The second-order valence-electron chi connectivity index (χ2n) is 6.24. The van der Waals surface area contributed by atoms with Crippen LogP contribution in [0.25, 0.3) is 0 Å². The van der Waals surface area contributed by atoms with Gasteiger partial charge in [0, 0.05) is 19.8 Å². The van der Waals surface area contributed by atoms with Crippen molar-refractivity contribution in [3.63, 3.8) is 0 Å². The lowest BCUT2D eigenvalue weighted by Gasteiger charge is -2.19. The molecule has 2 nitrogen and oxygen atoms in total. The number of carbonyl (C=O) groups excluding carboxylic acids is 1. The first-order valence-electron chi connectivity index (χ1n) is 5.51. The fourth-order valence-corrected chi connectivity index (χ4v) is 4.23. The van der Waals surface area contributed by atoms with Crippen LogP contribution < -0.4 is 5.11 Å². The first-order chi connectivity index (χ1) is 7.46. The van der Waals surface area contributed by atoms with Gasteiger partial charge in [0.05, 0.1) is 5.97 Å². The smallest absolute Gasteiger partial charge is 0.0738 e. The number of hydrogen-bond acceptors (Lipinski definition) is 3. The van der Waals surface area contributed by atoms with Crippen LogP contribution in [0.15, 0.2) is 4.47 Å². The molecule has 0 atom stereocenters. The Morgan fingerprint density at radius 2 is 1.47 bits per heavy atom. The van der Waals surface area contributed by atoms with E-state index in [0.717, 1.165) is 9.75 Å². The zero-order chi connectivity index (χ0) is 13.6. The van der Waals surface area contributed by atoms with E-state index in [1.807, 2.05) is 20.8 Å². The third-order valence-corrected chi connectivity index (χ3v) is 5.51. The van der Waals surface area contributed by atoms with Crippen LogP contribution in [0.4, 0.5) is 0 Å². The summed E-state index contributed by atoms with van der Waals surface area (Å²) < 4.78 is 0.680. The summed E-state index contributed by atoms with van der Waals surface area (Å²) in [6.07, 6.45) is 0. The highest BCUT2D eigenvalue weighted by atomic mass is 79.9. The van der Waals surface area contributed by atoms with Crippen LogP contribution in [0.2, 0.25) is 0 Å². The quantitative estimate of drug-likeness (QED) is 0.795. The van der Waals surface area contributed by atoms with Gasteiger partial charge in [0.1, 0.15) is 0 Å². The monoisotopic (exact) mass is 317 g/mol. The number of carbonyl (C=O) groups is 1. The summed E-state index contributed by atoms with van der Waals surface area (Å²) >= 11 is 4.98. The van der Waals surface area contributed by atoms with E-state index in [-0.39, 0.29) is 10.8 Å². The Kier molecular flexibility index (Phi) is 3.80. The molecule has 0 aliphatic heterocycles. The van der Waals surface area contributed by atoms with E-state index in [0.29, 0.717) is 10.0 Å². The SMILES string of the molecule is CC(C)(C)c1sc(C(C)(C)C)c(C(=O)[O-])c1Br. The molecule has 1 rings (SSSR count). The number of aromatic carboxylic acids is 1. The van der Waals surface area contributed by atoms with Gasteiger partial charge in [-0.1, -0.05) is 41.5 Å². The lowest BCUT2D eigenvalue weighted by Crippen LogP contribution is -2.26. The Balaban J connectivity index is 3.58. The minimum absolute atomic E-state index is 0.0722. The van der Waals surface area contributed by atoms with Crippen LogP contribution >= 0.6 is 27.3 Å². The maximum Gasteiger partial charge on any atom is 0.0738 e. The van der Waals surface area contributed by atoms with Crippen LogP contribution in [-0.2, 0) is 10.8 Å². The maximum absolute atomic E-state index is 11.3. The maximum atomic E-state index is 11.3. The first kappa shape index (κ1) is 14.7. The summed E-state index contributed by atoms with van der Waals surface area (Å²) in [5.41, 5.74) is 0.0518. The predicted molar refractivity (Wildman–Crippen MR) is 73.7 cm³/mol. The Labute approximate surface area is 115 Å². The Morgan fingerprint density at radius 3 is 1.71 bits per heavy atom. The van der Waals surface area contributed by atoms with E-state index in [9.17, 15) is 9.90 Å². The largest absolute Gasteiger partial charge is 0.545 e. The molecule has 0 aliphatic rings.